The van der Waals surface area contributed by atoms with Crippen LogP contribution >= 0.6 is 0 Å². The molecule has 0 heterocycles. The van der Waals surface area contributed by atoms with Gasteiger partial charge in [0.1, 0.15) is 11.4 Å². The summed E-state index contributed by atoms with van der Waals surface area (Å²) < 4.78 is 18.5. The van der Waals surface area contributed by atoms with Gasteiger partial charge in [0.25, 0.3) is 0 Å². The number of amides is 1. The zero-order valence-corrected chi connectivity index (χ0v) is 11.6. The Bertz CT molecular complexity index is 521. The van der Waals surface area contributed by atoms with Crippen LogP contribution in [-0.4, -0.2) is 18.2 Å². The summed E-state index contributed by atoms with van der Waals surface area (Å²) in [6, 6.07) is 4.82. The summed E-state index contributed by atoms with van der Waals surface area (Å²) in [5, 5.41) is 2.48. The van der Waals surface area contributed by atoms with Crippen LogP contribution in [0, 0.1) is 24.6 Å². The lowest BCUT2D eigenvalue weighted by atomic mass is 10.1. The van der Waals surface area contributed by atoms with Gasteiger partial charge >= 0.3 is 6.09 Å². The lowest BCUT2D eigenvalue weighted by Gasteiger charge is -2.18. The lowest BCUT2D eigenvalue weighted by Crippen LogP contribution is -2.32. The quantitative estimate of drug-likeness (QED) is 0.791. The van der Waals surface area contributed by atoms with Crippen molar-refractivity contribution in [3.63, 3.8) is 0 Å². The maximum Gasteiger partial charge on any atom is 0.408 e. The van der Waals surface area contributed by atoms with Crippen molar-refractivity contribution in [2.45, 2.75) is 33.3 Å². The van der Waals surface area contributed by atoms with E-state index in [-0.39, 0.29) is 12.4 Å². The number of halogens is 1. The molecule has 19 heavy (non-hydrogen) atoms. The first-order chi connectivity index (χ1) is 8.78. The van der Waals surface area contributed by atoms with Crippen molar-refractivity contribution in [2.24, 2.45) is 0 Å². The Morgan fingerprint density at radius 1 is 1.42 bits per heavy atom. The number of ether oxygens (including phenoxy) is 1. The SMILES string of the molecule is Cc1ccc(C#CCNC(=O)OC(C)(C)C)c(F)c1. The van der Waals surface area contributed by atoms with Crippen LogP contribution in [0.3, 0.4) is 0 Å². The van der Waals surface area contributed by atoms with Gasteiger partial charge < -0.3 is 10.1 Å². The molecule has 1 aromatic rings. The molecule has 0 atom stereocenters. The minimum atomic E-state index is -0.541. The van der Waals surface area contributed by atoms with Crippen molar-refractivity contribution in [3.05, 3.63) is 35.1 Å². The van der Waals surface area contributed by atoms with Crippen molar-refractivity contribution in [1.29, 1.82) is 0 Å². The molecule has 0 aliphatic carbocycles. The first kappa shape index (κ1) is 15.0. The molecule has 0 saturated carbocycles. The predicted octanol–water partition coefficient (Wildman–Crippen LogP) is 3.01. The van der Waals surface area contributed by atoms with Gasteiger partial charge in [-0.2, -0.15) is 0 Å². The Balaban J connectivity index is 2.50. The second kappa shape index (κ2) is 6.24. The third kappa shape index (κ3) is 5.91. The van der Waals surface area contributed by atoms with Crippen LogP contribution in [0.4, 0.5) is 9.18 Å². The molecule has 0 bridgehead atoms. The van der Waals surface area contributed by atoms with Crippen LogP contribution < -0.4 is 5.32 Å². The molecule has 0 spiro atoms. The summed E-state index contributed by atoms with van der Waals surface area (Å²) in [4.78, 5) is 11.3. The average molecular weight is 263 g/mol. The van der Waals surface area contributed by atoms with Crippen molar-refractivity contribution in [1.82, 2.24) is 5.32 Å². The van der Waals surface area contributed by atoms with Crippen molar-refractivity contribution < 1.29 is 13.9 Å². The summed E-state index contributed by atoms with van der Waals surface area (Å²) in [6.07, 6.45) is -0.536. The van der Waals surface area contributed by atoms with E-state index in [1.165, 1.54) is 6.07 Å². The number of carbonyl (C=O) groups excluding carboxylic acids is 1. The molecule has 1 aromatic carbocycles. The number of hydrogen-bond donors (Lipinski definition) is 1. The summed E-state index contributed by atoms with van der Waals surface area (Å²) in [5.41, 5.74) is 0.618. The maximum absolute atomic E-state index is 13.4. The maximum atomic E-state index is 13.4. The molecular formula is C15H18FNO2. The number of alkyl carbamates (subject to hydrolysis) is 1. The van der Waals surface area contributed by atoms with E-state index in [0.29, 0.717) is 5.56 Å². The molecule has 3 nitrogen and oxygen atoms in total. The molecule has 102 valence electrons. The summed E-state index contributed by atoms with van der Waals surface area (Å²) >= 11 is 0. The number of rotatable bonds is 1. The second-order valence-electron chi connectivity index (χ2n) is 5.14. The second-order valence-corrected chi connectivity index (χ2v) is 5.14. The largest absolute Gasteiger partial charge is 0.444 e. The van der Waals surface area contributed by atoms with Gasteiger partial charge in [-0.1, -0.05) is 17.9 Å². The molecule has 0 unspecified atom stereocenters. The number of benzene rings is 1. The third-order valence-electron chi connectivity index (χ3n) is 2.07. The molecule has 0 aliphatic rings. The zero-order valence-electron chi connectivity index (χ0n) is 11.6. The van der Waals surface area contributed by atoms with Gasteiger partial charge in [0.15, 0.2) is 0 Å². The highest BCUT2D eigenvalue weighted by atomic mass is 19.1. The Labute approximate surface area is 113 Å². The van der Waals surface area contributed by atoms with E-state index in [0.717, 1.165) is 5.56 Å². The average Bonchev–Trinajstić information content (AvgIpc) is 2.24. The number of hydrogen-bond acceptors (Lipinski definition) is 2. The number of aryl methyl sites for hydroxylation is 1. The highest BCUT2D eigenvalue weighted by molar-refractivity contribution is 5.68. The Hall–Kier alpha value is -2.02. The van der Waals surface area contributed by atoms with Crippen LogP contribution in [0.2, 0.25) is 0 Å². The molecule has 0 fully saturated rings. The van der Waals surface area contributed by atoms with Gasteiger partial charge in [-0.05, 0) is 45.4 Å². The molecule has 0 radical (unpaired) electrons. The van der Waals surface area contributed by atoms with Crippen LogP contribution in [0.5, 0.6) is 0 Å². The number of nitrogens with one attached hydrogen (secondary N) is 1. The molecule has 1 amide bonds. The monoisotopic (exact) mass is 263 g/mol. The molecule has 0 aromatic heterocycles. The zero-order chi connectivity index (χ0) is 14.5. The molecule has 1 rings (SSSR count). The topological polar surface area (TPSA) is 38.3 Å². The van der Waals surface area contributed by atoms with E-state index in [1.807, 2.05) is 6.92 Å². The third-order valence-corrected chi connectivity index (χ3v) is 2.07. The van der Waals surface area contributed by atoms with Crippen LogP contribution in [0.15, 0.2) is 18.2 Å². The molecule has 1 N–H and O–H groups in total. The Morgan fingerprint density at radius 2 is 2.11 bits per heavy atom. The van der Waals surface area contributed by atoms with E-state index >= 15 is 0 Å². The first-order valence-electron chi connectivity index (χ1n) is 6.00. The highest BCUT2D eigenvalue weighted by Crippen LogP contribution is 2.08. The fourth-order valence-corrected chi connectivity index (χ4v) is 1.29. The van der Waals surface area contributed by atoms with E-state index in [9.17, 15) is 9.18 Å². The summed E-state index contributed by atoms with van der Waals surface area (Å²) in [6.45, 7) is 7.26. The lowest BCUT2D eigenvalue weighted by molar-refractivity contribution is 0.0535. The first-order valence-corrected chi connectivity index (χ1v) is 6.00. The highest BCUT2D eigenvalue weighted by Gasteiger charge is 2.14. The minimum Gasteiger partial charge on any atom is -0.444 e. The van der Waals surface area contributed by atoms with Crippen molar-refractivity contribution in [3.8, 4) is 11.8 Å². The number of carbonyl (C=O) groups is 1. The minimum absolute atomic E-state index is 0.113. The summed E-state index contributed by atoms with van der Waals surface area (Å²) in [7, 11) is 0. The smallest absolute Gasteiger partial charge is 0.408 e. The Morgan fingerprint density at radius 3 is 2.68 bits per heavy atom. The molecule has 4 heteroatoms. The van der Waals surface area contributed by atoms with Crippen molar-refractivity contribution >= 4 is 6.09 Å². The fraction of sp³-hybridized carbons (Fsp3) is 0.400. The van der Waals surface area contributed by atoms with Gasteiger partial charge in [0.2, 0.25) is 0 Å². The van der Waals surface area contributed by atoms with Crippen LogP contribution in [-0.2, 0) is 4.74 Å². The predicted molar refractivity (Wildman–Crippen MR) is 72.3 cm³/mol. The van der Waals surface area contributed by atoms with E-state index in [2.05, 4.69) is 17.2 Å². The van der Waals surface area contributed by atoms with Gasteiger partial charge in [-0.3, -0.25) is 0 Å². The van der Waals surface area contributed by atoms with Gasteiger partial charge in [0.05, 0.1) is 12.1 Å². The van der Waals surface area contributed by atoms with Gasteiger partial charge in [0, 0.05) is 0 Å². The normalized spacial score (nSPS) is 10.4. The van der Waals surface area contributed by atoms with Gasteiger partial charge in [-0.25, -0.2) is 9.18 Å². The van der Waals surface area contributed by atoms with E-state index < -0.39 is 11.7 Å². The molecule has 0 aliphatic heterocycles. The fourth-order valence-electron chi connectivity index (χ4n) is 1.29. The van der Waals surface area contributed by atoms with E-state index in [1.54, 1.807) is 32.9 Å². The van der Waals surface area contributed by atoms with Crippen molar-refractivity contribution in [2.75, 3.05) is 6.54 Å². The van der Waals surface area contributed by atoms with Crippen LogP contribution in [0.25, 0.3) is 0 Å². The van der Waals surface area contributed by atoms with Gasteiger partial charge in [-0.15, -0.1) is 0 Å². The van der Waals surface area contributed by atoms with Crippen LogP contribution in [0.1, 0.15) is 31.9 Å². The Kier molecular flexibility index (Phi) is 4.94. The molecular weight excluding hydrogens is 245 g/mol. The van der Waals surface area contributed by atoms with E-state index in [4.69, 9.17) is 4.74 Å². The molecule has 0 saturated heterocycles. The summed E-state index contributed by atoms with van der Waals surface area (Å²) in [5.74, 6) is 4.98. The standard InChI is InChI=1S/C15H18FNO2/c1-11-7-8-12(13(16)10-11)6-5-9-17-14(18)19-15(2,3)4/h7-8,10H,9H2,1-4H3,(H,17,18).